The fraction of sp³-hybridized carbons (Fsp3) is 0.294. The van der Waals surface area contributed by atoms with Crippen LogP contribution in [-0.4, -0.2) is 14.2 Å². The van der Waals surface area contributed by atoms with E-state index in [1.165, 1.54) is 6.07 Å². The molecule has 0 aliphatic carbocycles. The third kappa shape index (κ3) is 3.13. The van der Waals surface area contributed by atoms with E-state index >= 15 is 0 Å². The Morgan fingerprint density at radius 3 is 2.14 bits per heavy atom. The van der Waals surface area contributed by atoms with E-state index in [0.29, 0.717) is 17.1 Å². The Bertz CT molecular complexity index is 655. The first kappa shape index (κ1) is 15.6. The Labute approximate surface area is 129 Å². The molecule has 2 rings (SSSR count). The SMILES string of the molecule is COc1cc(C)c(C(Cl)c2ccc(C)c(F)c2)cc1OC. The molecule has 0 N–H and O–H groups in total. The summed E-state index contributed by atoms with van der Waals surface area (Å²) in [6, 6.07) is 8.75. The monoisotopic (exact) mass is 308 g/mol. The molecule has 21 heavy (non-hydrogen) atoms. The zero-order chi connectivity index (χ0) is 15.6. The molecule has 2 aromatic carbocycles. The zero-order valence-corrected chi connectivity index (χ0v) is 13.3. The molecule has 4 heteroatoms. The first-order valence-corrected chi connectivity index (χ1v) is 7.04. The van der Waals surface area contributed by atoms with Gasteiger partial charge in [0.25, 0.3) is 0 Å². The molecule has 0 fully saturated rings. The van der Waals surface area contributed by atoms with E-state index in [2.05, 4.69) is 0 Å². The minimum absolute atomic E-state index is 0.253. The largest absolute Gasteiger partial charge is 0.493 e. The number of methoxy groups -OCH3 is 2. The lowest BCUT2D eigenvalue weighted by Crippen LogP contribution is -2.00. The maximum absolute atomic E-state index is 13.7. The minimum Gasteiger partial charge on any atom is -0.493 e. The van der Waals surface area contributed by atoms with Crippen molar-refractivity contribution in [1.82, 2.24) is 0 Å². The minimum atomic E-state index is -0.445. The van der Waals surface area contributed by atoms with Crippen LogP contribution in [0.1, 0.15) is 27.6 Å². The van der Waals surface area contributed by atoms with E-state index in [-0.39, 0.29) is 5.82 Å². The van der Waals surface area contributed by atoms with Crippen LogP contribution in [0.3, 0.4) is 0 Å². The molecular weight excluding hydrogens is 291 g/mol. The van der Waals surface area contributed by atoms with E-state index in [0.717, 1.165) is 16.7 Å². The number of aryl methyl sites for hydroxylation is 2. The lowest BCUT2D eigenvalue weighted by atomic mass is 9.98. The Morgan fingerprint density at radius 1 is 0.952 bits per heavy atom. The fourth-order valence-corrected chi connectivity index (χ4v) is 2.59. The molecule has 0 saturated carbocycles. The van der Waals surface area contributed by atoms with E-state index in [1.807, 2.05) is 25.1 Å². The number of alkyl halides is 1. The highest BCUT2D eigenvalue weighted by molar-refractivity contribution is 6.22. The molecular formula is C17H18ClFO2. The molecule has 0 spiro atoms. The molecule has 112 valence electrons. The Morgan fingerprint density at radius 2 is 1.57 bits per heavy atom. The average molecular weight is 309 g/mol. The lowest BCUT2D eigenvalue weighted by molar-refractivity contribution is 0.354. The smallest absolute Gasteiger partial charge is 0.161 e. The normalized spacial score (nSPS) is 12.1. The van der Waals surface area contributed by atoms with Gasteiger partial charge in [0.2, 0.25) is 0 Å². The second kappa shape index (κ2) is 6.35. The molecule has 0 amide bonds. The summed E-state index contributed by atoms with van der Waals surface area (Å²) in [5.41, 5.74) is 3.16. The third-order valence-corrected chi connectivity index (χ3v) is 4.02. The molecule has 0 aliphatic heterocycles. The van der Waals surface area contributed by atoms with Gasteiger partial charge in [-0.2, -0.15) is 0 Å². The number of ether oxygens (including phenoxy) is 2. The van der Waals surface area contributed by atoms with Crippen molar-refractivity contribution >= 4 is 11.6 Å². The number of benzene rings is 2. The number of rotatable bonds is 4. The van der Waals surface area contributed by atoms with Crippen LogP contribution in [0.15, 0.2) is 30.3 Å². The predicted molar refractivity (Wildman–Crippen MR) is 83.1 cm³/mol. The van der Waals surface area contributed by atoms with E-state index in [1.54, 1.807) is 27.2 Å². The number of halogens is 2. The van der Waals surface area contributed by atoms with Gasteiger partial charge in [0, 0.05) is 0 Å². The Hall–Kier alpha value is -1.74. The van der Waals surface area contributed by atoms with E-state index < -0.39 is 5.38 Å². The van der Waals surface area contributed by atoms with Gasteiger partial charge in [-0.1, -0.05) is 12.1 Å². The summed E-state index contributed by atoms with van der Waals surface area (Å²) in [6.07, 6.45) is 0. The van der Waals surface area contributed by atoms with Crippen molar-refractivity contribution in [2.75, 3.05) is 14.2 Å². The second-order valence-corrected chi connectivity index (χ2v) is 5.37. The maximum atomic E-state index is 13.7. The highest BCUT2D eigenvalue weighted by Crippen LogP contribution is 2.38. The van der Waals surface area contributed by atoms with Crippen LogP contribution in [0.5, 0.6) is 11.5 Å². The summed E-state index contributed by atoms with van der Waals surface area (Å²) in [6.45, 7) is 3.67. The summed E-state index contributed by atoms with van der Waals surface area (Å²) >= 11 is 6.52. The standard InChI is InChI=1S/C17H18ClFO2/c1-10-5-6-12(8-14(10)19)17(18)13-9-16(21-4)15(20-3)7-11(13)2/h5-9,17H,1-4H3. The van der Waals surface area contributed by atoms with Crippen molar-refractivity contribution in [3.8, 4) is 11.5 Å². The van der Waals surface area contributed by atoms with Crippen LogP contribution >= 0.6 is 11.6 Å². The Kier molecular flexibility index (Phi) is 4.73. The van der Waals surface area contributed by atoms with Gasteiger partial charge in [0.1, 0.15) is 5.82 Å². The predicted octanol–water partition coefficient (Wildman–Crippen LogP) is 4.79. The summed E-state index contributed by atoms with van der Waals surface area (Å²) in [5, 5.41) is -0.445. The average Bonchev–Trinajstić information content (AvgIpc) is 2.49. The van der Waals surface area contributed by atoms with Gasteiger partial charge >= 0.3 is 0 Å². The van der Waals surface area contributed by atoms with Gasteiger partial charge in [-0.05, 0) is 54.3 Å². The highest BCUT2D eigenvalue weighted by Gasteiger charge is 2.18. The molecule has 0 aromatic heterocycles. The van der Waals surface area contributed by atoms with E-state index in [4.69, 9.17) is 21.1 Å². The molecule has 0 aliphatic rings. The van der Waals surface area contributed by atoms with Gasteiger partial charge in [0.05, 0.1) is 19.6 Å². The molecule has 0 bridgehead atoms. The van der Waals surface area contributed by atoms with Crippen LogP contribution in [0.25, 0.3) is 0 Å². The summed E-state index contributed by atoms with van der Waals surface area (Å²) in [5.74, 6) is 1.00. The van der Waals surface area contributed by atoms with Gasteiger partial charge < -0.3 is 9.47 Å². The van der Waals surface area contributed by atoms with Gasteiger partial charge in [-0.25, -0.2) is 4.39 Å². The van der Waals surface area contributed by atoms with Crippen LogP contribution in [0, 0.1) is 19.7 Å². The van der Waals surface area contributed by atoms with Gasteiger partial charge in [-0.15, -0.1) is 11.6 Å². The molecule has 1 unspecified atom stereocenters. The molecule has 0 saturated heterocycles. The maximum Gasteiger partial charge on any atom is 0.161 e. The highest BCUT2D eigenvalue weighted by atomic mass is 35.5. The summed E-state index contributed by atoms with van der Waals surface area (Å²) in [7, 11) is 3.16. The molecule has 2 nitrogen and oxygen atoms in total. The quantitative estimate of drug-likeness (QED) is 0.756. The number of hydrogen-bond donors (Lipinski definition) is 0. The third-order valence-electron chi connectivity index (χ3n) is 3.53. The van der Waals surface area contributed by atoms with Crippen molar-refractivity contribution in [2.24, 2.45) is 0 Å². The van der Waals surface area contributed by atoms with Crippen molar-refractivity contribution in [1.29, 1.82) is 0 Å². The van der Waals surface area contributed by atoms with Crippen LogP contribution < -0.4 is 9.47 Å². The zero-order valence-electron chi connectivity index (χ0n) is 12.5. The second-order valence-electron chi connectivity index (χ2n) is 4.93. The van der Waals surface area contributed by atoms with Gasteiger partial charge in [0.15, 0.2) is 11.5 Å². The molecule has 0 radical (unpaired) electrons. The molecule has 0 heterocycles. The Balaban J connectivity index is 2.47. The van der Waals surface area contributed by atoms with Crippen molar-refractivity contribution in [3.63, 3.8) is 0 Å². The molecule has 1 atom stereocenters. The molecule has 2 aromatic rings. The fourth-order valence-electron chi connectivity index (χ4n) is 2.22. The number of hydrogen-bond acceptors (Lipinski definition) is 2. The van der Waals surface area contributed by atoms with E-state index in [9.17, 15) is 4.39 Å². The van der Waals surface area contributed by atoms with Crippen molar-refractivity contribution in [2.45, 2.75) is 19.2 Å². The topological polar surface area (TPSA) is 18.5 Å². The lowest BCUT2D eigenvalue weighted by Gasteiger charge is -2.17. The first-order valence-electron chi connectivity index (χ1n) is 6.60. The van der Waals surface area contributed by atoms with Crippen LogP contribution in [0.2, 0.25) is 0 Å². The van der Waals surface area contributed by atoms with Crippen LogP contribution in [-0.2, 0) is 0 Å². The van der Waals surface area contributed by atoms with Crippen LogP contribution in [0.4, 0.5) is 4.39 Å². The van der Waals surface area contributed by atoms with Crippen molar-refractivity contribution < 1.29 is 13.9 Å². The first-order chi connectivity index (χ1) is 9.97. The summed E-state index contributed by atoms with van der Waals surface area (Å²) in [4.78, 5) is 0. The summed E-state index contributed by atoms with van der Waals surface area (Å²) < 4.78 is 24.3. The van der Waals surface area contributed by atoms with Gasteiger partial charge in [-0.3, -0.25) is 0 Å². The van der Waals surface area contributed by atoms with Crippen molar-refractivity contribution in [3.05, 3.63) is 58.4 Å².